The second-order valence-electron chi connectivity index (χ2n) is 9.13. The number of urea groups is 1. The summed E-state index contributed by atoms with van der Waals surface area (Å²) in [7, 11) is 2.25. The van der Waals surface area contributed by atoms with Crippen LogP contribution >= 0.6 is 0 Å². The minimum absolute atomic E-state index is 0.00202. The molecule has 2 bridgehead atoms. The average molecular weight is 338 g/mol. The molecule has 3 aliphatic heterocycles. The Kier molecular flexibility index (Phi) is 5.40. The van der Waals surface area contributed by atoms with Gasteiger partial charge in [0.1, 0.15) is 0 Å². The van der Waals surface area contributed by atoms with Gasteiger partial charge >= 0.3 is 6.03 Å². The molecule has 0 aromatic heterocycles. The fraction of sp³-hybridized carbons (Fsp3) is 0.947. The van der Waals surface area contributed by atoms with E-state index in [1.54, 1.807) is 0 Å². The molecule has 138 valence electrons. The summed E-state index contributed by atoms with van der Waals surface area (Å²) in [5.74, 6) is 0.424. The molecule has 24 heavy (non-hydrogen) atoms. The first-order valence-corrected chi connectivity index (χ1v) is 9.72. The van der Waals surface area contributed by atoms with Crippen LogP contribution in [0.3, 0.4) is 0 Å². The van der Waals surface area contributed by atoms with Crippen LogP contribution in [0.1, 0.15) is 59.3 Å². The van der Waals surface area contributed by atoms with Crippen LogP contribution in [0.5, 0.6) is 0 Å². The monoisotopic (exact) mass is 337 g/mol. The molecule has 3 heterocycles. The Labute approximate surface area is 146 Å². The van der Waals surface area contributed by atoms with Crippen LogP contribution in [0, 0.1) is 11.3 Å². The van der Waals surface area contributed by atoms with Gasteiger partial charge in [0.15, 0.2) is 0 Å². The molecule has 4 unspecified atom stereocenters. The maximum absolute atomic E-state index is 12.3. The summed E-state index contributed by atoms with van der Waals surface area (Å²) >= 11 is 0. The van der Waals surface area contributed by atoms with Gasteiger partial charge in [-0.15, -0.1) is 0 Å². The summed E-state index contributed by atoms with van der Waals surface area (Å²) in [5.41, 5.74) is 0.130. The maximum atomic E-state index is 12.3. The SMILES string of the molecule is CN1C2CCCC1CC(NC(=O)NCC1CCOC1C(C)(C)C)C2. The molecule has 0 spiro atoms. The number of amides is 2. The molecule has 3 saturated heterocycles. The third-order valence-corrected chi connectivity index (χ3v) is 6.27. The summed E-state index contributed by atoms with van der Waals surface area (Å²) in [6, 6.07) is 1.63. The fourth-order valence-electron chi connectivity index (χ4n) is 4.99. The number of piperidine rings is 2. The second kappa shape index (κ2) is 7.20. The minimum atomic E-state index is 0.00202. The zero-order chi connectivity index (χ0) is 17.3. The quantitative estimate of drug-likeness (QED) is 0.832. The molecule has 0 aromatic carbocycles. The van der Waals surface area contributed by atoms with Crippen molar-refractivity contribution in [1.82, 2.24) is 15.5 Å². The summed E-state index contributed by atoms with van der Waals surface area (Å²) < 4.78 is 5.90. The number of hydrogen-bond donors (Lipinski definition) is 2. The standard InChI is InChI=1S/C19H35N3O2/c1-19(2,3)17-13(8-9-24-17)12-20-18(23)21-14-10-15-6-5-7-16(11-14)22(15)4/h13-17H,5-12H2,1-4H3,(H2,20,21,23). The van der Waals surface area contributed by atoms with E-state index < -0.39 is 0 Å². The first-order valence-electron chi connectivity index (χ1n) is 9.72. The molecule has 3 rings (SSSR count). The average Bonchev–Trinajstić information content (AvgIpc) is 2.95. The zero-order valence-corrected chi connectivity index (χ0v) is 15.8. The molecule has 0 aromatic rings. The fourth-order valence-corrected chi connectivity index (χ4v) is 4.99. The first kappa shape index (κ1) is 18.0. The highest BCUT2D eigenvalue weighted by Gasteiger charge is 2.38. The molecule has 5 nitrogen and oxygen atoms in total. The van der Waals surface area contributed by atoms with Gasteiger partial charge in [0.2, 0.25) is 0 Å². The Balaban J connectivity index is 1.45. The van der Waals surface area contributed by atoms with Crippen molar-refractivity contribution < 1.29 is 9.53 Å². The summed E-state index contributed by atoms with van der Waals surface area (Å²) in [6.07, 6.45) is 7.36. The predicted molar refractivity (Wildman–Crippen MR) is 96.0 cm³/mol. The van der Waals surface area contributed by atoms with Gasteiger partial charge in [-0.2, -0.15) is 0 Å². The van der Waals surface area contributed by atoms with Crippen LogP contribution in [0.25, 0.3) is 0 Å². The lowest BCUT2D eigenvalue weighted by Gasteiger charge is -2.47. The minimum Gasteiger partial charge on any atom is -0.377 e. The number of carbonyl (C=O) groups is 1. The van der Waals surface area contributed by atoms with E-state index in [-0.39, 0.29) is 17.6 Å². The lowest BCUT2D eigenvalue weighted by Crippen LogP contribution is -2.56. The van der Waals surface area contributed by atoms with Crippen molar-refractivity contribution in [3.8, 4) is 0 Å². The van der Waals surface area contributed by atoms with Gasteiger partial charge in [-0.3, -0.25) is 0 Å². The van der Waals surface area contributed by atoms with E-state index in [0.29, 0.717) is 30.6 Å². The summed E-state index contributed by atoms with van der Waals surface area (Å²) in [4.78, 5) is 14.9. The molecule has 3 fully saturated rings. The molecule has 0 saturated carbocycles. The molecular weight excluding hydrogens is 302 g/mol. The van der Waals surface area contributed by atoms with E-state index in [2.05, 4.69) is 43.4 Å². The Hall–Kier alpha value is -0.810. The van der Waals surface area contributed by atoms with E-state index >= 15 is 0 Å². The van der Waals surface area contributed by atoms with Crippen LogP contribution in [0.2, 0.25) is 0 Å². The van der Waals surface area contributed by atoms with Gasteiger partial charge in [0.25, 0.3) is 0 Å². The van der Waals surface area contributed by atoms with Crippen LogP contribution in [-0.4, -0.2) is 55.4 Å². The van der Waals surface area contributed by atoms with Crippen LogP contribution in [0.4, 0.5) is 4.79 Å². The van der Waals surface area contributed by atoms with Crippen LogP contribution in [-0.2, 0) is 4.74 Å². The molecule has 0 aliphatic carbocycles. The van der Waals surface area contributed by atoms with Gasteiger partial charge in [-0.1, -0.05) is 27.2 Å². The zero-order valence-electron chi connectivity index (χ0n) is 15.8. The topological polar surface area (TPSA) is 53.6 Å². The van der Waals surface area contributed by atoms with Crippen molar-refractivity contribution in [2.75, 3.05) is 20.2 Å². The Morgan fingerprint density at radius 3 is 2.46 bits per heavy atom. The third kappa shape index (κ3) is 4.05. The van der Waals surface area contributed by atoms with E-state index in [0.717, 1.165) is 25.9 Å². The van der Waals surface area contributed by atoms with Crippen LogP contribution < -0.4 is 10.6 Å². The van der Waals surface area contributed by atoms with E-state index in [1.807, 2.05) is 0 Å². The molecule has 0 radical (unpaired) electrons. The van der Waals surface area contributed by atoms with Crippen LogP contribution in [0.15, 0.2) is 0 Å². The number of ether oxygens (including phenoxy) is 1. The molecule has 2 N–H and O–H groups in total. The molecule has 3 aliphatic rings. The molecule has 2 amide bonds. The van der Waals surface area contributed by atoms with Crippen molar-refractivity contribution in [1.29, 1.82) is 0 Å². The van der Waals surface area contributed by atoms with E-state index in [9.17, 15) is 4.79 Å². The van der Waals surface area contributed by atoms with Gasteiger partial charge in [-0.05, 0) is 44.6 Å². The highest BCUT2D eigenvalue weighted by Crippen LogP contribution is 2.34. The number of rotatable bonds is 3. The maximum Gasteiger partial charge on any atom is 0.315 e. The lowest BCUT2D eigenvalue weighted by atomic mass is 9.81. The van der Waals surface area contributed by atoms with Gasteiger partial charge in [0, 0.05) is 37.2 Å². The van der Waals surface area contributed by atoms with E-state index in [1.165, 1.54) is 19.3 Å². The molecule has 4 atom stereocenters. The Morgan fingerprint density at radius 1 is 1.17 bits per heavy atom. The summed E-state index contributed by atoms with van der Waals surface area (Å²) in [6.45, 7) is 8.18. The molecule has 5 heteroatoms. The largest absolute Gasteiger partial charge is 0.377 e. The predicted octanol–water partition coefficient (Wildman–Crippen LogP) is 2.75. The number of nitrogens with zero attached hydrogens (tertiary/aromatic N) is 1. The highest BCUT2D eigenvalue weighted by molar-refractivity contribution is 5.74. The number of nitrogens with one attached hydrogen (secondary N) is 2. The van der Waals surface area contributed by atoms with E-state index in [4.69, 9.17) is 4.74 Å². The Morgan fingerprint density at radius 2 is 1.83 bits per heavy atom. The first-order chi connectivity index (χ1) is 11.3. The van der Waals surface area contributed by atoms with Crippen molar-refractivity contribution in [3.63, 3.8) is 0 Å². The van der Waals surface area contributed by atoms with Gasteiger partial charge in [-0.25, -0.2) is 4.79 Å². The van der Waals surface area contributed by atoms with Crippen molar-refractivity contribution in [2.24, 2.45) is 11.3 Å². The normalized spacial score (nSPS) is 37.2. The number of carbonyl (C=O) groups excluding carboxylic acids is 1. The summed E-state index contributed by atoms with van der Waals surface area (Å²) in [5, 5.41) is 6.34. The second-order valence-corrected chi connectivity index (χ2v) is 9.13. The smallest absolute Gasteiger partial charge is 0.315 e. The number of fused-ring (bicyclic) bond motifs is 2. The Bertz CT molecular complexity index is 434. The van der Waals surface area contributed by atoms with Crippen molar-refractivity contribution in [2.45, 2.75) is 83.5 Å². The van der Waals surface area contributed by atoms with Crippen molar-refractivity contribution in [3.05, 3.63) is 0 Å². The highest BCUT2D eigenvalue weighted by atomic mass is 16.5. The lowest BCUT2D eigenvalue weighted by molar-refractivity contribution is 0.00766. The number of hydrogen-bond acceptors (Lipinski definition) is 3. The van der Waals surface area contributed by atoms with Gasteiger partial charge in [0.05, 0.1) is 6.10 Å². The third-order valence-electron chi connectivity index (χ3n) is 6.27. The van der Waals surface area contributed by atoms with Gasteiger partial charge < -0.3 is 20.3 Å². The van der Waals surface area contributed by atoms with Crippen molar-refractivity contribution >= 4 is 6.03 Å². The molecular formula is C19H35N3O2.